The largest absolute Gasteiger partial charge is 0.329 e. The van der Waals surface area contributed by atoms with Crippen LogP contribution >= 0.6 is 11.3 Å². The van der Waals surface area contributed by atoms with E-state index in [-0.39, 0.29) is 24.4 Å². The summed E-state index contributed by atoms with van der Waals surface area (Å²) in [4.78, 5) is 28.3. The minimum Gasteiger partial charge on any atom is -0.329 e. The minimum absolute atomic E-state index is 0.0394. The minimum atomic E-state index is -0.158. The average Bonchev–Trinajstić information content (AvgIpc) is 3.09. The second-order valence-corrected chi connectivity index (χ2v) is 6.59. The van der Waals surface area contributed by atoms with Crippen molar-refractivity contribution in [2.24, 2.45) is 0 Å². The van der Waals surface area contributed by atoms with Crippen LogP contribution < -0.4 is 4.90 Å². The molecule has 3 rings (SSSR count). The Balaban J connectivity index is 1.76. The van der Waals surface area contributed by atoms with Gasteiger partial charge in [-0.05, 0) is 41.4 Å². The van der Waals surface area contributed by atoms with Gasteiger partial charge in [0.1, 0.15) is 12.6 Å². The Labute approximate surface area is 144 Å². The third-order valence-corrected chi connectivity index (χ3v) is 4.89. The van der Waals surface area contributed by atoms with Crippen LogP contribution in [0.25, 0.3) is 0 Å². The number of hydrogen-bond donors (Lipinski definition) is 0. The molecule has 122 valence electrons. The van der Waals surface area contributed by atoms with Crippen LogP contribution in [0.2, 0.25) is 0 Å². The number of rotatable bonds is 3. The molecule has 6 heteroatoms. The lowest BCUT2D eigenvalue weighted by atomic mass is 10.1. The zero-order valence-corrected chi connectivity index (χ0v) is 14.1. The number of anilines is 1. The Morgan fingerprint density at radius 3 is 2.88 bits per heavy atom. The maximum Gasteiger partial charge on any atom is 0.246 e. The molecule has 1 fully saturated rings. The highest BCUT2D eigenvalue weighted by Crippen LogP contribution is 2.24. The predicted molar refractivity (Wildman–Crippen MR) is 92.7 cm³/mol. The molecule has 0 saturated carbocycles. The lowest BCUT2D eigenvalue weighted by Gasteiger charge is -2.39. The van der Waals surface area contributed by atoms with Gasteiger partial charge in [0.2, 0.25) is 11.8 Å². The second kappa shape index (κ2) is 6.85. The number of carbonyl (C=O) groups excluding carboxylic acids is 2. The summed E-state index contributed by atoms with van der Waals surface area (Å²) in [5.41, 5.74) is 2.06. The normalized spacial score (nSPS) is 17.7. The molecule has 1 aromatic heterocycles. The van der Waals surface area contributed by atoms with Crippen LogP contribution in [0.1, 0.15) is 18.1 Å². The van der Waals surface area contributed by atoms with Gasteiger partial charge in [-0.1, -0.05) is 12.1 Å². The van der Waals surface area contributed by atoms with Crippen molar-refractivity contribution >= 4 is 28.8 Å². The van der Waals surface area contributed by atoms with Crippen LogP contribution in [-0.4, -0.2) is 35.8 Å². The summed E-state index contributed by atoms with van der Waals surface area (Å²) < 4.78 is 0. The van der Waals surface area contributed by atoms with Gasteiger partial charge in [-0.25, -0.2) is 0 Å². The van der Waals surface area contributed by atoms with Gasteiger partial charge in [0, 0.05) is 12.6 Å². The molecule has 2 aromatic rings. The molecule has 0 unspecified atom stereocenters. The van der Waals surface area contributed by atoms with E-state index in [0.717, 1.165) is 5.56 Å². The molecule has 0 N–H and O–H groups in total. The Bertz CT molecular complexity index is 795. The van der Waals surface area contributed by atoms with E-state index in [4.69, 9.17) is 0 Å². The van der Waals surface area contributed by atoms with Gasteiger partial charge in [0.25, 0.3) is 0 Å². The van der Waals surface area contributed by atoms with Crippen molar-refractivity contribution in [3.8, 4) is 6.07 Å². The van der Waals surface area contributed by atoms with Crippen molar-refractivity contribution in [1.29, 1.82) is 5.26 Å². The molecule has 5 nitrogen and oxygen atoms in total. The van der Waals surface area contributed by atoms with Crippen molar-refractivity contribution in [1.82, 2.24) is 4.90 Å². The van der Waals surface area contributed by atoms with E-state index in [1.54, 1.807) is 39.3 Å². The van der Waals surface area contributed by atoms with Gasteiger partial charge >= 0.3 is 0 Å². The van der Waals surface area contributed by atoms with Gasteiger partial charge in [-0.2, -0.15) is 16.6 Å². The molecule has 1 aliphatic rings. The quantitative estimate of drug-likeness (QED) is 0.863. The predicted octanol–water partition coefficient (Wildman–Crippen LogP) is 2.43. The maximum absolute atomic E-state index is 12.6. The highest BCUT2D eigenvalue weighted by Gasteiger charge is 2.33. The van der Waals surface area contributed by atoms with E-state index >= 15 is 0 Å². The number of amides is 2. The van der Waals surface area contributed by atoms with Crippen molar-refractivity contribution in [2.45, 2.75) is 19.4 Å². The number of nitriles is 1. The van der Waals surface area contributed by atoms with Crippen LogP contribution in [0.4, 0.5) is 5.69 Å². The molecule has 2 amide bonds. The fourth-order valence-electron chi connectivity index (χ4n) is 2.89. The number of para-hydroxylation sites is 1. The van der Waals surface area contributed by atoms with E-state index in [2.05, 4.69) is 6.07 Å². The van der Waals surface area contributed by atoms with Crippen molar-refractivity contribution in [3.63, 3.8) is 0 Å². The Hall–Kier alpha value is -2.65. The van der Waals surface area contributed by atoms with Crippen LogP contribution in [0.3, 0.4) is 0 Å². The molecule has 24 heavy (non-hydrogen) atoms. The summed E-state index contributed by atoms with van der Waals surface area (Å²) in [5.74, 6) is -0.197. The third kappa shape index (κ3) is 3.17. The Morgan fingerprint density at radius 1 is 1.38 bits per heavy atom. The first kappa shape index (κ1) is 16.2. The first-order chi connectivity index (χ1) is 11.6. The molecule has 2 heterocycles. The number of benzene rings is 1. The zero-order valence-electron chi connectivity index (χ0n) is 13.3. The number of piperazine rings is 1. The molecule has 1 atom stereocenters. The summed E-state index contributed by atoms with van der Waals surface area (Å²) >= 11 is 1.55. The summed E-state index contributed by atoms with van der Waals surface area (Å²) in [5, 5.41) is 13.1. The smallest absolute Gasteiger partial charge is 0.246 e. The SMILES string of the molecule is C[C@@H]1CN(c2ccccc2C#N)C(=O)CN1C(=O)Cc1ccsc1. The fraction of sp³-hybridized carbons (Fsp3) is 0.278. The van der Waals surface area contributed by atoms with Gasteiger partial charge in [0.15, 0.2) is 0 Å². The lowest BCUT2D eigenvalue weighted by Crippen LogP contribution is -2.57. The van der Waals surface area contributed by atoms with E-state index < -0.39 is 0 Å². The Morgan fingerprint density at radius 2 is 2.17 bits per heavy atom. The van der Waals surface area contributed by atoms with Crippen LogP contribution in [0.5, 0.6) is 0 Å². The fourth-order valence-corrected chi connectivity index (χ4v) is 3.56. The molecule has 0 aliphatic carbocycles. The van der Waals surface area contributed by atoms with Crippen LogP contribution in [0, 0.1) is 11.3 Å². The molecular weight excluding hydrogens is 322 g/mol. The molecule has 1 aliphatic heterocycles. The topological polar surface area (TPSA) is 64.4 Å². The molecule has 1 aromatic carbocycles. The van der Waals surface area contributed by atoms with Crippen LogP contribution in [-0.2, 0) is 16.0 Å². The summed E-state index contributed by atoms with van der Waals surface area (Å²) in [6.07, 6.45) is 0.315. The van der Waals surface area contributed by atoms with Crippen molar-refractivity contribution in [3.05, 3.63) is 52.2 Å². The highest BCUT2D eigenvalue weighted by atomic mass is 32.1. The maximum atomic E-state index is 12.6. The van der Waals surface area contributed by atoms with Crippen molar-refractivity contribution < 1.29 is 9.59 Å². The van der Waals surface area contributed by atoms with Gasteiger partial charge < -0.3 is 9.80 Å². The van der Waals surface area contributed by atoms with E-state index in [0.29, 0.717) is 24.2 Å². The summed E-state index contributed by atoms with van der Waals surface area (Å²) in [6.45, 7) is 2.37. The van der Waals surface area contributed by atoms with Gasteiger partial charge in [-0.15, -0.1) is 0 Å². The second-order valence-electron chi connectivity index (χ2n) is 5.81. The summed E-state index contributed by atoms with van der Waals surface area (Å²) in [7, 11) is 0. The van der Waals surface area contributed by atoms with Crippen LogP contribution in [0.15, 0.2) is 41.1 Å². The number of hydrogen-bond acceptors (Lipinski definition) is 4. The highest BCUT2D eigenvalue weighted by molar-refractivity contribution is 7.08. The molecule has 0 bridgehead atoms. The first-order valence-electron chi connectivity index (χ1n) is 7.70. The molecular formula is C18H17N3O2S. The van der Waals surface area contributed by atoms with E-state index in [1.807, 2.05) is 29.8 Å². The average molecular weight is 339 g/mol. The number of thiophene rings is 1. The lowest BCUT2D eigenvalue weighted by molar-refractivity contribution is -0.138. The number of nitrogens with zero attached hydrogens (tertiary/aromatic N) is 3. The van der Waals surface area contributed by atoms with Crippen molar-refractivity contribution in [2.75, 3.05) is 18.0 Å². The summed E-state index contributed by atoms with van der Waals surface area (Å²) in [6, 6.07) is 11.0. The van der Waals surface area contributed by atoms with E-state index in [1.165, 1.54) is 0 Å². The monoisotopic (exact) mass is 339 g/mol. The first-order valence-corrected chi connectivity index (χ1v) is 8.64. The molecule has 0 radical (unpaired) electrons. The molecule has 0 spiro atoms. The standard InChI is InChI=1S/C18H17N3O2S/c1-13-10-21(16-5-3-2-4-15(16)9-19)18(23)11-20(13)17(22)8-14-6-7-24-12-14/h2-7,12-13H,8,10-11H2,1H3/t13-/m1/s1. The number of carbonyl (C=O) groups is 2. The third-order valence-electron chi connectivity index (χ3n) is 4.16. The van der Waals surface area contributed by atoms with Gasteiger partial charge in [-0.3, -0.25) is 9.59 Å². The Kier molecular flexibility index (Phi) is 4.63. The molecule has 1 saturated heterocycles. The van der Waals surface area contributed by atoms with E-state index in [9.17, 15) is 14.9 Å². The van der Waals surface area contributed by atoms with Gasteiger partial charge in [0.05, 0.1) is 17.7 Å². The zero-order chi connectivity index (χ0) is 17.1.